The molecule has 1 saturated carbocycles. The Morgan fingerprint density at radius 1 is 1.25 bits per heavy atom. The molecule has 108 valence electrons. The van der Waals surface area contributed by atoms with Crippen LogP contribution in [0.2, 0.25) is 0 Å². The molecule has 3 rings (SSSR count). The molecule has 1 saturated heterocycles. The topological polar surface area (TPSA) is 46.3 Å². The summed E-state index contributed by atoms with van der Waals surface area (Å²) in [5.41, 5.74) is 7.01. The molecule has 1 aliphatic carbocycles. The highest BCUT2D eigenvalue weighted by Crippen LogP contribution is 2.49. The summed E-state index contributed by atoms with van der Waals surface area (Å²) in [4.78, 5) is 14.8. The van der Waals surface area contributed by atoms with Crippen LogP contribution in [0.4, 0.5) is 0 Å². The number of benzene rings is 1. The van der Waals surface area contributed by atoms with Crippen LogP contribution in [0.25, 0.3) is 0 Å². The van der Waals surface area contributed by atoms with Gasteiger partial charge in [-0.3, -0.25) is 4.79 Å². The van der Waals surface area contributed by atoms with E-state index in [1.807, 2.05) is 6.07 Å². The van der Waals surface area contributed by atoms with Gasteiger partial charge in [0, 0.05) is 18.5 Å². The minimum absolute atomic E-state index is 0.218. The van der Waals surface area contributed by atoms with E-state index in [4.69, 9.17) is 5.73 Å². The van der Waals surface area contributed by atoms with Gasteiger partial charge in [-0.15, -0.1) is 0 Å². The smallest absolute Gasteiger partial charge is 0.226 e. The van der Waals surface area contributed by atoms with Gasteiger partial charge in [-0.05, 0) is 50.1 Å². The van der Waals surface area contributed by atoms with Gasteiger partial charge in [0.25, 0.3) is 0 Å². The molecule has 3 nitrogen and oxygen atoms in total. The Morgan fingerprint density at radius 3 is 2.80 bits per heavy atom. The summed E-state index contributed by atoms with van der Waals surface area (Å²) in [5, 5.41) is 0. The van der Waals surface area contributed by atoms with Crippen LogP contribution >= 0.6 is 0 Å². The third kappa shape index (κ3) is 2.73. The van der Waals surface area contributed by atoms with E-state index < -0.39 is 0 Å². The minimum Gasteiger partial charge on any atom is -0.339 e. The van der Waals surface area contributed by atoms with Crippen LogP contribution in [-0.4, -0.2) is 29.9 Å². The van der Waals surface area contributed by atoms with Crippen LogP contribution in [0, 0.1) is 5.92 Å². The van der Waals surface area contributed by atoms with Crippen LogP contribution in [0.15, 0.2) is 30.3 Å². The SMILES string of the molecule is NCCC1CCCCN1C(=O)C1CC1c1ccccc1. The maximum atomic E-state index is 12.7. The van der Waals surface area contributed by atoms with E-state index in [1.54, 1.807) is 0 Å². The molecule has 2 aliphatic rings. The Bertz CT molecular complexity index is 457. The summed E-state index contributed by atoms with van der Waals surface area (Å²) >= 11 is 0. The van der Waals surface area contributed by atoms with E-state index in [9.17, 15) is 4.79 Å². The quantitative estimate of drug-likeness (QED) is 0.915. The van der Waals surface area contributed by atoms with Crippen molar-refractivity contribution in [1.82, 2.24) is 4.90 Å². The van der Waals surface area contributed by atoms with E-state index in [0.29, 0.717) is 24.4 Å². The van der Waals surface area contributed by atoms with Crippen molar-refractivity contribution >= 4 is 5.91 Å². The first-order valence-corrected chi connectivity index (χ1v) is 7.86. The number of amides is 1. The second-order valence-electron chi connectivity index (χ2n) is 6.12. The number of hydrogen-bond donors (Lipinski definition) is 1. The van der Waals surface area contributed by atoms with Gasteiger partial charge in [0.15, 0.2) is 0 Å². The van der Waals surface area contributed by atoms with Crippen LogP contribution < -0.4 is 5.73 Å². The average Bonchev–Trinajstić information content (AvgIpc) is 3.29. The number of carbonyl (C=O) groups is 1. The molecule has 1 amide bonds. The molecule has 2 N–H and O–H groups in total. The van der Waals surface area contributed by atoms with Crippen LogP contribution in [0.3, 0.4) is 0 Å². The lowest BCUT2D eigenvalue weighted by Gasteiger charge is -2.36. The largest absolute Gasteiger partial charge is 0.339 e. The van der Waals surface area contributed by atoms with Crippen molar-refractivity contribution in [2.24, 2.45) is 11.7 Å². The van der Waals surface area contributed by atoms with Gasteiger partial charge in [-0.2, -0.15) is 0 Å². The van der Waals surface area contributed by atoms with Crippen molar-refractivity contribution in [3.63, 3.8) is 0 Å². The zero-order valence-corrected chi connectivity index (χ0v) is 12.0. The Labute approximate surface area is 121 Å². The Morgan fingerprint density at radius 2 is 2.05 bits per heavy atom. The molecule has 20 heavy (non-hydrogen) atoms. The fraction of sp³-hybridized carbons (Fsp3) is 0.588. The lowest BCUT2D eigenvalue weighted by molar-refractivity contribution is -0.136. The second kappa shape index (κ2) is 5.96. The zero-order chi connectivity index (χ0) is 13.9. The number of carbonyl (C=O) groups excluding carboxylic acids is 1. The van der Waals surface area contributed by atoms with E-state index in [0.717, 1.165) is 32.2 Å². The summed E-state index contributed by atoms with van der Waals surface area (Å²) in [6, 6.07) is 10.8. The van der Waals surface area contributed by atoms with Gasteiger partial charge in [0.2, 0.25) is 5.91 Å². The number of likely N-dealkylation sites (tertiary alicyclic amines) is 1. The predicted octanol–water partition coefficient (Wildman–Crippen LogP) is 2.52. The second-order valence-corrected chi connectivity index (χ2v) is 6.12. The maximum absolute atomic E-state index is 12.7. The van der Waals surface area contributed by atoms with Crippen molar-refractivity contribution in [1.29, 1.82) is 0 Å². The standard InChI is InChI=1S/C17H24N2O/c18-10-9-14-8-4-5-11-19(14)17(20)16-12-15(16)13-6-2-1-3-7-13/h1-3,6-7,14-16H,4-5,8-12,18H2. The number of hydrogen-bond acceptors (Lipinski definition) is 2. The number of nitrogens with two attached hydrogens (primary N) is 1. The molecule has 0 radical (unpaired) electrons. The van der Waals surface area contributed by atoms with Crippen molar-refractivity contribution in [2.45, 2.75) is 44.1 Å². The number of rotatable bonds is 4. The molecule has 0 aromatic heterocycles. The normalized spacial score (nSPS) is 29.2. The monoisotopic (exact) mass is 272 g/mol. The van der Waals surface area contributed by atoms with Crippen molar-refractivity contribution in [2.75, 3.05) is 13.1 Å². The van der Waals surface area contributed by atoms with E-state index in [1.165, 1.54) is 12.0 Å². The van der Waals surface area contributed by atoms with Gasteiger partial charge < -0.3 is 10.6 Å². The Hall–Kier alpha value is -1.35. The summed E-state index contributed by atoms with van der Waals surface area (Å²) in [6.45, 7) is 1.61. The Balaban J connectivity index is 1.64. The number of piperidine rings is 1. The predicted molar refractivity (Wildman–Crippen MR) is 80.3 cm³/mol. The lowest BCUT2D eigenvalue weighted by atomic mass is 9.98. The maximum Gasteiger partial charge on any atom is 0.226 e. The fourth-order valence-electron chi connectivity index (χ4n) is 3.53. The van der Waals surface area contributed by atoms with E-state index in [2.05, 4.69) is 29.2 Å². The van der Waals surface area contributed by atoms with Crippen molar-refractivity contribution < 1.29 is 4.79 Å². The molecular weight excluding hydrogens is 248 g/mol. The highest BCUT2D eigenvalue weighted by molar-refractivity contribution is 5.83. The van der Waals surface area contributed by atoms with E-state index >= 15 is 0 Å². The molecule has 2 fully saturated rings. The molecule has 3 unspecified atom stereocenters. The van der Waals surface area contributed by atoms with Gasteiger partial charge in [-0.25, -0.2) is 0 Å². The first kappa shape index (κ1) is 13.6. The van der Waals surface area contributed by atoms with Gasteiger partial charge in [0.1, 0.15) is 0 Å². The molecular formula is C17H24N2O. The van der Waals surface area contributed by atoms with Gasteiger partial charge >= 0.3 is 0 Å². The lowest BCUT2D eigenvalue weighted by Crippen LogP contribution is -2.45. The summed E-state index contributed by atoms with van der Waals surface area (Å²) < 4.78 is 0. The number of nitrogens with zero attached hydrogens (tertiary/aromatic N) is 1. The van der Waals surface area contributed by atoms with Gasteiger partial charge in [-0.1, -0.05) is 30.3 Å². The molecule has 3 atom stereocenters. The minimum atomic E-state index is 0.218. The molecule has 0 spiro atoms. The highest BCUT2D eigenvalue weighted by atomic mass is 16.2. The molecule has 1 heterocycles. The van der Waals surface area contributed by atoms with Crippen LogP contribution in [0.5, 0.6) is 0 Å². The van der Waals surface area contributed by atoms with Crippen molar-refractivity contribution in [3.05, 3.63) is 35.9 Å². The summed E-state index contributed by atoms with van der Waals surface area (Å²) in [6.07, 6.45) is 5.49. The highest BCUT2D eigenvalue weighted by Gasteiger charge is 2.46. The van der Waals surface area contributed by atoms with E-state index in [-0.39, 0.29) is 5.92 Å². The molecule has 1 aromatic carbocycles. The Kier molecular flexibility index (Phi) is 4.06. The van der Waals surface area contributed by atoms with Crippen LogP contribution in [-0.2, 0) is 4.79 Å². The molecule has 1 aromatic rings. The third-order valence-corrected chi connectivity index (χ3v) is 4.75. The third-order valence-electron chi connectivity index (χ3n) is 4.75. The molecule has 3 heteroatoms. The van der Waals surface area contributed by atoms with Gasteiger partial charge in [0.05, 0.1) is 0 Å². The first-order chi connectivity index (χ1) is 9.81. The molecule has 1 aliphatic heterocycles. The first-order valence-electron chi connectivity index (χ1n) is 7.86. The summed E-state index contributed by atoms with van der Waals surface area (Å²) in [5.74, 6) is 1.04. The average molecular weight is 272 g/mol. The van der Waals surface area contributed by atoms with Crippen LogP contribution in [0.1, 0.15) is 43.6 Å². The van der Waals surface area contributed by atoms with Crippen molar-refractivity contribution in [3.8, 4) is 0 Å². The summed E-state index contributed by atoms with van der Waals surface area (Å²) in [7, 11) is 0. The molecule has 0 bridgehead atoms. The zero-order valence-electron chi connectivity index (χ0n) is 12.0. The fourth-order valence-corrected chi connectivity index (χ4v) is 3.53.